The number of carbonyl (C=O) groups excluding carboxylic acids is 2. The fourth-order valence-corrected chi connectivity index (χ4v) is 2.54. The smallest absolute Gasteiger partial charge is 0.410 e. The number of benzene rings is 1. The molecule has 0 aromatic heterocycles. The Morgan fingerprint density at radius 3 is 2.57 bits per heavy atom. The van der Waals surface area contributed by atoms with Gasteiger partial charge in [0.15, 0.2) is 0 Å². The highest BCUT2D eigenvalue weighted by atomic mass is 16.6. The van der Waals surface area contributed by atoms with Crippen LogP contribution < -0.4 is 11.1 Å². The van der Waals surface area contributed by atoms with Gasteiger partial charge in [0, 0.05) is 19.6 Å². The molecular weight excluding hydrogens is 294 g/mol. The highest BCUT2D eigenvalue weighted by Crippen LogP contribution is 2.17. The number of piperidine rings is 1. The molecule has 1 aromatic carbocycles. The van der Waals surface area contributed by atoms with Crippen LogP contribution >= 0.6 is 0 Å². The summed E-state index contributed by atoms with van der Waals surface area (Å²) in [6.45, 7) is 3.90. The van der Waals surface area contributed by atoms with E-state index in [9.17, 15) is 9.59 Å². The maximum atomic E-state index is 12.1. The number of ether oxygens (including phenoxy) is 1. The molecule has 2 rings (SSSR count). The predicted octanol–water partition coefficient (Wildman–Crippen LogP) is 1.50. The first kappa shape index (κ1) is 17.3. The summed E-state index contributed by atoms with van der Waals surface area (Å²) in [5, 5.41) is 2.84. The average molecular weight is 319 g/mol. The second kappa shape index (κ2) is 8.53. The zero-order valence-corrected chi connectivity index (χ0v) is 13.5. The van der Waals surface area contributed by atoms with E-state index in [1.165, 1.54) is 0 Å². The van der Waals surface area contributed by atoms with Crippen LogP contribution in [0.15, 0.2) is 30.3 Å². The topological polar surface area (TPSA) is 84.7 Å². The molecule has 1 aliphatic rings. The summed E-state index contributed by atoms with van der Waals surface area (Å²) in [7, 11) is 0. The standard InChI is InChI=1S/C17H25N3O3/c1-13(18)16(21)19-11-14-7-9-20(10-8-14)17(22)23-12-15-5-3-2-4-6-15/h2-6,13-14H,7-12,18H2,1H3,(H,19,21)/t13-/m0/s1. The molecule has 6 heteroatoms. The number of nitrogens with zero attached hydrogens (tertiary/aromatic N) is 1. The third-order valence-corrected chi connectivity index (χ3v) is 4.06. The Morgan fingerprint density at radius 1 is 1.30 bits per heavy atom. The first-order valence-electron chi connectivity index (χ1n) is 8.05. The number of rotatable bonds is 5. The summed E-state index contributed by atoms with van der Waals surface area (Å²) in [6, 6.07) is 9.15. The van der Waals surface area contributed by atoms with Crippen LogP contribution in [0.5, 0.6) is 0 Å². The minimum Gasteiger partial charge on any atom is -0.445 e. The number of amides is 2. The van der Waals surface area contributed by atoms with Crippen molar-refractivity contribution in [1.82, 2.24) is 10.2 Å². The van der Waals surface area contributed by atoms with Crippen LogP contribution in [0.2, 0.25) is 0 Å². The van der Waals surface area contributed by atoms with Crippen LogP contribution in [0, 0.1) is 5.92 Å². The minimum atomic E-state index is -0.483. The van der Waals surface area contributed by atoms with Gasteiger partial charge in [-0.05, 0) is 31.2 Å². The largest absolute Gasteiger partial charge is 0.445 e. The zero-order valence-electron chi connectivity index (χ0n) is 13.5. The second-order valence-corrected chi connectivity index (χ2v) is 6.00. The van der Waals surface area contributed by atoms with Crippen LogP contribution in [-0.4, -0.2) is 42.6 Å². The fraction of sp³-hybridized carbons (Fsp3) is 0.529. The Kier molecular flexibility index (Phi) is 6.40. The molecule has 23 heavy (non-hydrogen) atoms. The Balaban J connectivity index is 1.67. The number of likely N-dealkylation sites (tertiary alicyclic amines) is 1. The van der Waals surface area contributed by atoms with Crippen molar-refractivity contribution in [2.45, 2.75) is 32.4 Å². The van der Waals surface area contributed by atoms with E-state index in [1.54, 1.807) is 11.8 Å². The van der Waals surface area contributed by atoms with Crippen LogP contribution in [0.1, 0.15) is 25.3 Å². The molecule has 1 fully saturated rings. The second-order valence-electron chi connectivity index (χ2n) is 6.00. The summed E-state index contributed by atoms with van der Waals surface area (Å²) >= 11 is 0. The number of nitrogens with two attached hydrogens (primary N) is 1. The van der Waals surface area contributed by atoms with Crippen LogP contribution in [-0.2, 0) is 16.1 Å². The van der Waals surface area contributed by atoms with Crippen molar-refractivity contribution in [3.63, 3.8) is 0 Å². The average Bonchev–Trinajstić information content (AvgIpc) is 2.58. The van der Waals surface area contributed by atoms with Crippen LogP contribution in [0.25, 0.3) is 0 Å². The van der Waals surface area contributed by atoms with E-state index in [1.807, 2.05) is 30.3 Å². The van der Waals surface area contributed by atoms with Crippen molar-refractivity contribution in [2.24, 2.45) is 11.7 Å². The molecule has 2 amide bonds. The van der Waals surface area contributed by atoms with Gasteiger partial charge < -0.3 is 20.7 Å². The van der Waals surface area contributed by atoms with E-state index in [0.29, 0.717) is 32.2 Å². The maximum Gasteiger partial charge on any atom is 0.410 e. The first-order chi connectivity index (χ1) is 11.1. The van der Waals surface area contributed by atoms with Crippen molar-refractivity contribution >= 4 is 12.0 Å². The Labute approximate surface area is 137 Å². The Morgan fingerprint density at radius 2 is 1.96 bits per heavy atom. The van der Waals surface area contributed by atoms with E-state index < -0.39 is 6.04 Å². The first-order valence-corrected chi connectivity index (χ1v) is 8.05. The lowest BCUT2D eigenvalue weighted by Crippen LogP contribution is -2.44. The molecule has 1 aliphatic heterocycles. The van der Waals surface area contributed by atoms with Crippen molar-refractivity contribution in [3.05, 3.63) is 35.9 Å². The third kappa shape index (κ3) is 5.56. The van der Waals surface area contributed by atoms with Gasteiger partial charge in [0.05, 0.1) is 6.04 Å². The molecular formula is C17H25N3O3. The van der Waals surface area contributed by atoms with Crippen molar-refractivity contribution < 1.29 is 14.3 Å². The summed E-state index contributed by atoms with van der Waals surface area (Å²) < 4.78 is 5.33. The molecule has 3 N–H and O–H groups in total. The molecule has 1 aromatic rings. The van der Waals surface area contributed by atoms with Gasteiger partial charge in [-0.25, -0.2) is 4.79 Å². The highest BCUT2D eigenvalue weighted by molar-refractivity contribution is 5.80. The molecule has 0 spiro atoms. The zero-order chi connectivity index (χ0) is 16.7. The summed E-state index contributed by atoms with van der Waals surface area (Å²) in [5.74, 6) is 0.255. The fourth-order valence-electron chi connectivity index (χ4n) is 2.54. The molecule has 1 atom stereocenters. The molecule has 0 bridgehead atoms. The summed E-state index contributed by atoms with van der Waals surface area (Å²) in [5.41, 5.74) is 6.49. The molecule has 1 heterocycles. The quantitative estimate of drug-likeness (QED) is 0.861. The number of carbonyl (C=O) groups is 2. The van der Waals surface area contributed by atoms with E-state index in [2.05, 4.69) is 5.32 Å². The van der Waals surface area contributed by atoms with Gasteiger partial charge in [0.2, 0.25) is 5.91 Å². The van der Waals surface area contributed by atoms with Crippen LogP contribution in [0.3, 0.4) is 0 Å². The molecule has 0 saturated carbocycles. The Hall–Kier alpha value is -2.08. The normalized spacial score (nSPS) is 16.7. The van der Waals surface area contributed by atoms with Crippen molar-refractivity contribution in [1.29, 1.82) is 0 Å². The van der Waals surface area contributed by atoms with Gasteiger partial charge in [-0.3, -0.25) is 4.79 Å². The summed E-state index contributed by atoms with van der Waals surface area (Å²) in [4.78, 5) is 25.2. The molecule has 0 aliphatic carbocycles. The third-order valence-electron chi connectivity index (χ3n) is 4.06. The van der Waals surface area contributed by atoms with Crippen molar-refractivity contribution in [2.75, 3.05) is 19.6 Å². The summed E-state index contributed by atoms with van der Waals surface area (Å²) in [6.07, 6.45) is 1.45. The lowest BCUT2D eigenvalue weighted by molar-refractivity contribution is -0.122. The number of nitrogens with one attached hydrogen (secondary N) is 1. The maximum absolute atomic E-state index is 12.1. The molecule has 126 valence electrons. The monoisotopic (exact) mass is 319 g/mol. The molecule has 0 radical (unpaired) electrons. The SMILES string of the molecule is C[C@H](N)C(=O)NCC1CCN(C(=O)OCc2ccccc2)CC1. The van der Waals surface area contributed by atoms with E-state index in [-0.39, 0.29) is 12.0 Å². The number of hydrogen-bond acceptors (Lipinski definition) is 4. The highest BCUT2D eigenvalue weighted by Gasteiger charge is 2.24. The molecule has 1 saturated heterocycles. The lowest BCUT2D eigenvalue weighted by atomic mass is 9.97. The predicted molar refractivity (Wildman–Crippen MR) is 87.6 cm³/mol. The van der Waals surface area contributed by atoms with Gasteiger partial charge in [0.1, 0.15) is 6.61 Å². The lowest BCUT2D eigenvalue weighted by Gasteiger charge is -2.31. The van der Waals surface area contributed by atoms with Gasteiger partial charge in [-0.2, -0.15) is 0 Å². The van der Waals surface area contributed by atoms with Crippen molar-refractivity contribution in [3.8, 4) is 0 Å². The molecule has 6 nitrogen and oxygen atoms in total. The van der Waals surface area contributed by atoms with Gasteiger partial charge in [-0.15, -0.1) is 0 Å². The van der Waals surface area contributed by atoms with Gasteiger partial charge in [-0.1, -0.05) is 30.3 Å². The van der Waals surface area contributed by atoms with E-state index in [4.69, 9.17) is 10.5 Å². The van der Waals surface area contributed by atoms with Gasteiger partial charge in [0.25, 0.3) is 0 Å². The van der Waals surface area contributed by atoms with E-state index in [0.717, 1.165) is 18.4 Å². The van der Waals surface area contributed by atoms with Gasteiger partial charge >= 0.3 is 6.09 Å². The van der Waals surface area contributed by atoms with E-state index >= 15 is 0 Å². The number of hydrogen-bond donors (Lipinski definition) is 2. The molecule has 0 unspecified atom stereocenters. The minimum absolute atomic E-state index is 0.130. The Bertz CT molecular complexity index is 511. The van der Waals surface area contributed by atoms with Crippen LogP contribution in [0.4, 0.5) is 4.79 Å².